The maximum absolute atomic E-state index is 15.2. The SMILES string of the molecule is COC1=C(Cl)C=C(C(=O)C2=CC(Cl)=C(OC)C(Cl)(OC3CCOC3)C2Cc2ccncc2)C(Cc2ccncc2)C1(Cl)OC1CCOC1. The van der Waals surface area contributed by atoms with Gasteiger partial charge in [0.2, 0.25) is 10.1 Å². The first-order chi connectivity index (χ1) is 23.2. The Bertz CT molecular complexity index is 1490. The van der Waals surface area contributed by atoms with Crippen LogP contribution in [0.25, 0.3) is 0 Å². The van der Waals surface area contributed by atoms with Crippen LogP contribution in [0.5, 0.6) is 0 Å². The summed E-state index contributed by atoms with van der Waals surface area (Å²) in [5, 5.41) is -3.04. The van der Waals surface area contributed by atoms with Crippen LogP contribution in [0.1, 0.15) is 24.0 Å². The molecule has 0 saturated carbocycles. The summed E-state index contributed by atoms with van der Waals surface area (Å²) < 4.78 is 36.0. The van der Waals surface area contributed by atoms with Crippen LogP contribution in [-0.4, -0.2) is 78.7 Å². The molecule has 0 aromatic carbocycles. The van der Waals surface area contributed by atoms with Crippen molar-refractivity contribution in [1.82, 2.24) is 9.97 Å². The van der Waals surface area contributed by atoms with E-state index in [1.54, 1.807) is 36.9 Å². The lowest BCUT2D eigenvalue weighted by atomic mass is 9.74. The third-order valence-electron chi connectivity index (χ3n) is 9.03. The van der Waals surface area contributed by atoms with Crippen molar-refractivity contribution in [2.45, 2.75) is 48.0 Å². The standard InChI is InChI=1S/C35H36Cl4N2O7/c1-43-32-29(36)17-25(27(15-21-3-9-40-10-4-21)34(32,38)47-23-7-13-45-19-23)31(42)26-18-30(37)33(44-2)35(39,48-24-8-14-46-20-24)28(26)16-22-5-11-41-12-6-22/h3-6,9-12,17-18,23-24,27-28H,7-8,13-16,19-20H2,1-2H3. The lowest BCUT2D eigenvalue weighted by molar-refractivity contribution is -0.117. The molecule has 0 radical (unpaired) electrons. The van der Waals surface area contributed by atoms with Crippen molar-refractivity contribution in [3.8, 4) is 0 Å². The largest absolute Gasteiger partial charge is 0.495 e. The molecule has 2 aliphatic carbocycles. The van der Waals surface area contributed by atoms with E-state index in [9.17, 15) is 0 Å². The molecule has 6 rings (SSSR count). The summed E-state index contributed by atoms with van der Waals surface area (Å²) >= 11 is 28.8. The molecule has 4 heterocycles. The first kappa shape index (κ1) is 35.4. The molecule has 13 heteroatoms. The van der Waals surface area contributed by atoms with Gasteiger partial charge in [-0.1, -0.05) is 46.4 Å². The molecule has 2 aromatic heterocycles. The number of halogens is 4. The predicted molar refractivity (Wildman–Crippen MR) is 182 cm³/mol. The molecular formula is C35H36Cl4N2O7. The minimum absolute atomic E-state index is 0.138. The average molecular weight is 738 g/mol. The van der Waals surface area contributed by atoms with Crippen LogP contribution in [0.4, 0.5) is 0 Å². The van der Waals surface area contributed by atoms with Gasteiger partial charge in [0.05, 0.1) is 49.7 Å². The molecule has 256 valence electrons. The van der Waals surface area contributed by atoms with E-state index in [-0.39, 0.29) is 39.6 Å². The summed E-state index contributed by atoms with van der Waals surface area (Å²) in [7, 11) is 2.95. The van der Waals surface area contributed by atoms with E-state index in [0.29, 0.717) is 63.3 Å². The Hall–Kier alpha value is -2.47. The van der Waals surface area contributed by atoms with E-state index >= 15 is 4.79 Å². The topological polar surface area (TPSA) is 98.2 Å². The fraction of sp³-hybridized carbons (Fsp3) is 0.457. The van der Waals surface area contributed by atoms with E-state index in [1.807, 2.05) is 24.3 Å². The third kappa shape index (κ3) is 7.07. The molecule has 6 atom stereocenters. The average Bonchev–Trinajstić information content (AvgIpc) is 3.79. The monoisotopic (exact) mass is 736 g/mol. The fourth-order valence-corrected chi connectivity index (χ4v) is 8.46. The summed E-state index contributed by atoms with van der Waals surface area (Å²) in [6.07, 6.45) is 11.1. The number of alkyl halides is 2. The van der Waals surface area contributed by atoms with Gasteiger partial charge in [-0.25, -0.2) is 0 Å². The molecule has 6 unspecified atom stereocenters. The van der Waals surface area contributed by atoms with Gasteiger partial charge < -0.3 is 28.4 Å². The van der Waals surface area contributed by atoms with Gasteiger partial charge in [-0.05, 0) is 73.2 Å². The Kier molecular flexibility index (Phi) is 11.2. The maximum Gasteiger partial charge on any atom is 0.208 e. The number of ether oxygens (including phenoxy) is 6. The fourth-order valence-electron chi connectivity index (χ4n) is 6.69. The van der Waals surface area contributed by atoms with Crippen LogP contribution in [0.15, 0.2) is 93.9 Å². The highest BCUT2D eigenvalue weighted by Gasteiger charge is 2.55. The summed E-state index contributed by atoms with van der Waals surface area (Å²) in [6, 6.07) is 7.45. The number of nitrogens with zero attached hydrogens (tertiary/aromatic N) is 2. The normalized spacial score (nSPS) is 30.7. The third-order valence-corrected chi connectivity index (χ3v) is 10.6. The molecule has 0 bridgehead atoms. The summed E-state index contributed by atoms with van der Waals surface area (Å²) in [4.78, 5) is 23.5. The molecule has 0 amide bonds. The van der Waals surface area contributed by atoms with Gasteiger partial charge in [0.25, 0.3) is 0 Å². The smallest absolute Gasteiger partial charge is 0.208 e. The molecule has 2 saturated heterocycles. The quantitative estimate of drug-likeness (QED) is 0.223. The molecule has 4 aliphatic rings. The first-order valence-corrected chi connectivity index (χ1v) is 17.2. The Morgan fingerprint density at radius 1 is 0.750 bits per heavy atom. The Morgan fingerprint density at radius 3 is 1.48 bits per heavy atom. The summed E-state index contributed by atoms with van der Waals surface area (Å²) in [6.45, 7) is 1.73. The molecule has 48 heavy (non-hydrogen) atoms. The zero-order valence-electron chi connectivity index (χ0n) is 26.5. The first-order valence-electron chi connectivity index (χ1n) is 15.7. The number of hydrogen-bond acceptors (Lipinski definition) is 9. The maximum atomic E-state index is 15.2. The van der Waals surface area contributed by atoms with Crippen LogP contribution in [0.3, 0.4) is 0 Å². The number of Topliss-reactive ketones (excluding diaryl/α,β-unsaturated/α-hetero) is 1. The second-order valence-electron chi connectivity index (χ2n) is 12.0. The number of ketones is 1. The minimum atomic E-state index is -1.66. The van der Waals surface area contributed by atoms with E-state index < -0.39 is 22.0 Å². The van der Waals surface area contributed by atoms with Gasteiger partial charge >= 0.3 is 0 Å². The van der Waals surface area contributed by atoms with Crippen molar-refractivity contribution >= 4 is 52.2 Å². The number of aromatic nitrogens is 2. The number of methoxy groups -OCH3 is 2. The number of allylic oxidation sites excluding steroid dienone is 4. The highest BCUT2D eigenvalue weighted by atomic mass is 35.5. The van der Waals surface area contributed by atoms with Crippen LogP contribution < -0.4 is 0 Å². The van der Waals surface area contributed by atoms with Crippen molar-refractivity contribution in [1.29, 1.82) is 0 Å². The van der Waals surface area contributed by atoms with E-state index in [2.05, 4.69) is 9.97 Å². The number of carbonyl (C=O) groups is 1. The van der Waals surface area contributed by atoms with E-state index in [0.717, 1.165) is 11.1 Å². The zero-order chi connectivity index (χ0) is 33.9. The van der Waals surface area contributed by atoms with Crippen molar-refractivity contribution in [2.75, 3.05) is 40.6 Å². The molecule has 2 aromatic rings. The Labute approximate surface area is 299 Å². The lowest BCUT2D eigenvalue weighted by Gasteiger charge is -2.44. The minimum Gasteiger partial charge on any atom is -0.495 e. The van der Waals surface area contributed by atoms with Crippen LogP contribution >= 0.6 is 46.4 Å². The molecule has 2 fully saturated rings. The van der Waals surface area contributed by atoms with Crippen molar-refractivity contribution in [3.05, 3.63) is 105 Å². The Morgan fingerprint density at radius 2 is 1.15 bits per heavy atom. The van der Waals surface area contributed by atoms with Crippen molar-refractivity contribution in [2.24, 2.45) is 11.8 Å². The van der Waals surface area contributed by atoms with Gasteiger partial charge in [-0.3, -0.25) is 14.8 Å². The van der Waals surface area contributed by atoms with Crippen LogP contribution in [0, 0.1) is 11.8 Å². The van der Waals surface area contributed by atoms with Crippen molar-refractivity contribution in [3.63, 3.8) is 0 Å². The number of pyridine rings is 2. The van der Waals surface area contributed by atoms with E-state index in [1.165, 1.54) is 14.2 Å². The van der Waals surface area contributed by atoms with Crippen molar-refractivity contribution < 1.29 is 33.2 Å². The van der Waals surface area contributed by atoms with Gasteiger partial charge in [0.15, 0.2) is 17.3 Å². The zero-order valence-corrected chi connectivity index (χ0v) is 29.5. The van der Waals surface area contributed by atoms with Gasteiger partial charge in [0, 0.05) is 61.0 Å². The van der Waals surface area contributed by atoms with Crippen LogP contribution in [-0.2, 0) is 46.1 Å². The second kappa shape index (κ2) is 15.2. The molecule has 2 aliphatic heterocycles. The highest BCUT2D eigenvalue weighted by Crippen LogP contribution is 2.52. The molecule has 0 spiro atoms. The highest BCUT2D eigenvalue weighted by molar-refractivity contribution is 6.36. The van der Waals surface area contributed by atoms with Crippen LogP contribution in [0.2, 0.25) is 0 Å². The Balaban J connectivity index is 1.48. The van der Waals surface area contributed by atoms with E-state index in [4.69, 9.17) is 74.8 Å². The predicted octanol–water partition coefficient (Wildman–Crippen LogP) is 6.62. The number of hydrogen-bond donors (Lipinski definition) is 0. The lowest BCUT2D eigenvalue weighted by Crippen LogP contribution is -2.49. The molecule has 0 N–H and O–H groups in total. The summed E-state index contributed by atoms with van der Waals surface area (Å²) in [5.41, 5.74) is 2.35. The van der Waals surface area contributed by atoms with Gasteiger partial charge in [0.1, 0.15) is 0 Å². The number of rotatable bonds is 12. The number of carbonyl (C=O) groups excluding carboxylic acids is 1. The molecule has 9 nitrogen and oxygen atoms in total. The molecular weight excluding hydrogens is 702 g/mol. The summed E-state index contributed by atoms with van der Waals surface area (Å²) in [5.74, 6) is -1.50. The van der Waals surface area contributed by atoms with Gasteiger partial charge in [-0.2, -0.15) is 0 Å². The second-order valence-corrected chi connectivity index (χ2v) is 13.9. The van der Waals surface area contributed by atoms with Gasteiger partial charge in [-0.15, -0.1) is 0 Å².